The molecular weight excluding hydrogens is 377 g/mol. The van der Waals surface area contributed by atoms with Gasteiger partial charge in [0, 0.05) is 28.7 Å². The fourth-order valence-electron chi connectivity index (χ4n) is 2.84. The van der Waals surface area contributed by atoms with Crippen molar-refractivity contribution in [3.8, 4) is 5.75 Å². The van der Waals surface area contributed by atoms with Gasteiger partial charge in [-0.3, -0.25) is 9.69 Å². The number of hydrogen-bond donors (Lipinski definition) is 1. The number of hydrogen-bond acceptors (Lipinski definition) is 4. The maximum Gasteiger partial charge on any atom is 0.317 e. The van der Waals surface area contributed by atoms with Crippen LogP contribution in [0.25, 0.3) is 0 Å². The minimum absolute atomic E-state index is 0.0274. The second kappa shape index (κ2) is 8.73. The molecular formula is C19H19Cl2NO4. The van der Waals surface area contributed by atoms with E-state index in [4.69, 9.17) is 37.8 Å². The van der Waals surface area contributed by atoms with E-state index < -0.39 is 5.97 Å². The number of ether oxygens (including phenoxy) is 2. The quantitative estimate of drug-likeness (QED) is 0.799. The number of benzene rings is 2. The molecule has 0 bridgehead atoms. The second-order valence-electron chi connectivity index (χ2n) is 6.05. The summed E-state index contributed by atoms with van der Waals surface area (Å²) in [6.45, 7) is 2.01. The monoisotopic (exact) mass is 395 g/mol. The van der Waals surface area contributed by atoms with Crippen molar-refractivity contribution in [2.24, 2.45) is 0 Å². The molecule has 2 aromatic rings. The van der Waals surface area contributed by atoms with Crippen molar-refractivity contribution in [1.29, 1.82) is 0 Å². The van der Waals surface area contributed by atoms with Gasteiger partial charge in [-0.1, -0.05) is 41.4 Å². The Morgan fingerprint density at radius 2 is 1.88 bits per heavy atom. The standard InChI is InChI=1S/C19H19Cl2NO4/c20-16-2-1-3-17(21)15(16)12-26-14-6-4-13(5-7-14)18-10-22(8-9-25-18)11-19(23)24/h1-7,18H,8-12H2,(H,23,24)/t18-/m1/s1. The molecule has 1 heterocycles. The molecule has 1 aliphatic rings. The lowest BCUT2D eigenvalue weighted by atomic mass is 10.1. The minimum atomic E-state index is -0.826. The average molecular weight is 396 g/mol. The van der Waals surface area contributed by atoms with E-state index in [2.05, 4.69) is 0 Å². The lowest BCUT2D eigenvalue weighted by Crippen LogP contribution is -2.41. The Labute approximate surface area is 162 Å². The molecule has 0 radical (unpaired) electrons. The van der Waals surface area contributed by atoms with E-state index in [-0.39, 0.29) is 19.3 Å². The molecule has 0 spiro atoms. The second-order valence-corrected chi connectivity index (χ2v) is 6.86. The average Bonchev–Trinajstić information content (AvgIpc) is 2.61. The van der Waals surface area contributed by atoms with E-state index in [1.807, 2.05) is 29.2 Å². The van der Waals surface area contributed by atoms with Crippen LogP contribution in [0.3, 0.4) is 0 Å². The first kappa shape index (κ1) is 19.0. The summed E-state index contributed by atoms with van der Waals surface area (Å²) in [5.41, 5.74) is 1.74. The molecule has 0 amide bonds. The van der Waals surface area contributed by atoms with Gasteiger partial charge in [0.25, 0.3) is 0 Å². The molecule has 2 aromatic carbocycles. The molecule has 7 heteroatoms. The van der Waals surface area contributed by atoms with Crippen LogP contribution in [-0.4, -0.2) is 42.2 Å². The Morgan fingerprint density at radius 3 is 2.54 bits per heavy atom. The predicted octanol–water partition coefficient (Wildman–Crippen LogP) is 4.03. The molecule has 1 atom stereocenters. The van der Waals surface area contributed by atoms with Crippen LogP contribution < -0.4 is 4.74 Å². The largest absolute Gasteiger partial charge is 0.489 e. The summed E-state index contributed by atoms with van der Waals surface area (Å²) < 4.78 is 11.5. The number of morpholine rings is 1. The number of nitrogens with zero attached hydrogens (tertiary/aromatic N) is 1. The zero-order chi connectivity index (χ0) is 18.5. The zero-order valence-corrected chi connectivity index (χ0v) is 15.5. The summed E-state index contributed by atoms with van der Waals surface area (Å²) in [7, 11) is 0. The molecule has 0 unspecified atom stereocenters. The van der Waals surface area contributed by atoms with E-state index in [9.17, 15) is 4.79 Å². The number of halogens is 2. The first-order valence-corrected chi connectivity index (χ1v) is 9.00. The molecule has 1 aliphatic heterocycles. The van der Waals surface area contributed by atoms with Crippen molar-refractivity contribution >= 4 is 29.2 Å². The molecule has 138 valence electrons. The molecule has 0 aromatic heterocycles. The maximum absolute atomic E-state index is 10.9. The highest BCUT2D eigenvalue weighted by molar-refractivity contribution is 6.35. The summed E-state index contributed by atoms with van der Waals surface area (Å²) in [5.74, 6) is -0.129. The van der Waals surface area contributed by atoms with Crippen LogP contribution >= 0.6 is 23.2 Å². The van der Waals surface area contributed by atoms with Crippen molar-refractivity contribution in [1.82, 2.24) is 4.90 Å². The molecule has 5 nitrogen and oxygen atoms in total. The van der Waals surface area contributed by atoms with Gasteiger partial charge in [-0.25, -0.2) is 0 Å². The third-order valence-electron chi connectivity index (χ3n) is 4.21. The highest BCUT2D eigenvalue weighted by Gasteiger charge is 2.23. The van der Waals surface area contributed by atoms with Crippen LogP contribution in [0.2, 0.25) is 10.0 Å². The Kier molecular flexibility index (Phi) is 6.38. The van der Waals surface area contributed by atoms with Gasteiger partial charge >= 0.3 is 5.97 Å². The van der Waals surface area contributed by atoms with Gasteiger partial charge in [0.1, 0.15) is 12.4 Å². The zero-order valence-electron chi connectivity index (χ0n) is 14.0. The molecule has 1 saturated heterocycles. The number of rotatable bonds is 6. The van der Waals surface area contributed by atoms with Crippen molar-refractivity contribution < 1.29 is 19.4 Å². The van der Waals surface area contributed by atoms with Gasteiger partial charge in [0.2, 0.25) is 0 Å². The van der Waals surface area contributed by atoms with Gasteiger partial charge < -0.3 is 14.6 Å². The van der Waals surface area contributed by atoms with Crippen LogP contribution in [0.1, 0.15) is 17.2 Å². The van der Waals surface area contributed by atoms with Gasteiger partial charge in [-0.05, 0) is 29.8 Å². The summed E-state index contributed by atoms with van der Waals surface area (Å²) in [6.07, 6.45) is -0.143. The van der Waals surface area contributed by atoms with Crippen LogP contribution in [0.4, 0.5) is 0 Å². The van der Waals surface area contributed by atoms with Gasteiger partial charge in [0.05, 0.1) is 19.3 Å². The number of aliphatic carboxylic acids is 1. The summed E-state index contributed by atoms with van der Waals surface area (Å²) in [6, 6.07) is 12.9. The summed E-state index contributed by atoms with van der Waals surface area (Å²) in [4.78, 5) is 12.7. The normalized spacial score (nSPS) is 17.8. The van der Waals surface area contributed by atoms with Crippen molar-refractivity contribution in [2.75, 3.05) is 26.2 Å². The molecule has 0 aliphatic carbocycles. The third-order valence-corrected chi connectivity index (χ3v) is 4.91. The lowest BCUT2D eigenvalue weighted by molar-refractivity contribution is -0.140. The Hall–Kier alpha value is -1.79. The van der Waals surface area contributed by atoms with Crippen LogP contribution in [0, 0.1) is 0 Å². The lowest BCUT2D eigenvalue weighted by Gasteiger charge is -2.32. The van der Waals surface area contributed by atoms with Gasteiger partial charge in [-0.15, -0.1) is 0 Å². The van der Waals surface area contributed by atoms with E-state index in [1.54, 1.807) is 18.2 Å². The molecule has 3 rings (SSSR count). The molecule has 26 heavy (non-hydrogen) atoms. The minimum Gasteiger partial charge on any atom is -0.489 e. The van der Waals surface area contributed by atoms with E-state index in [0.29, 0.717) is 35.5 Å². The van der Waals surface area contributed by atoms with Crippen molar-refractivity contribution in [3.05, 3.63) is 63.6 Å². The molecule has 0 saturated carbocycles. The smallest absolute Gasteiger partial charge is 0.317 e. The maximum atomic E-state index is 10.9. The highest BCUT2D eigenvalue weighted by Crippen LogP contribution is 2.27. The van der Waals surface area contributed by atoms with Gasteiger partial charge in [0.15, 0.2) is 0 Å². The van der Waals surface area contributed by atoms with Crippen LogP contribution in [0.5, 0.6) is 5.75 Å². The molecule has 1 fully saturated rings. The van der Waals surface area contributed by atoms with Gasteiger partial charge in [-0.2, -0.15) is 0 Å². The number of carboxylic acids is 1. The Bertz CT molecular complexity index is 746. The van der Waals surface area contributed by atoms with Crippen LogP contribution in [-0.2, 0) is 16.1 Å². The number of carboxylic acid groups (broad SMARTS) is 1. The van der Waals surface area contributed by atoms with Crippen LogP contribution in [0.15, 0.2) is 42.5 Å². The van der Waals surface area contributed by atoms with E-state index >= 15 is 0 Å². The third kappa shape index (κ3) is 4.89. The SMILES string of the molecule is O=C(O)CN1CCO[C@@H](c2ccc(OCc3c(Cl)cccc3Cl)cc2)C1. The Morgan fingerprint density at radius 1 is 1.19 bits per heavy atom. The topological polar surface area (TPSA) is 59.0 Å². The van der Waals surface area contributed by atoms with Crippen molar-refractivity contribution in [3.63, 3.8) is 0 Å². The fourth-order valence-corrected chi connectivity index (χ4v) is 3.35. The first-order chi connectivity index (χ1) is 12.5. The molecule has 1 N–H and O–H groups in total. The fraction of sp³-hybridized carbons (Fsp3) is 0.316. The van der Waals surface area contributed by atoms with E-state index in [0.717, 1.165) is 11.1 Å². The first-order valence-electron chi connectivity index (χ1n) is 8.24. The highest BCUT2D eigenvalue weighted by atomic mass is 35.5. The number of carbonyl (C=O) groups is 1. The Balaban J connectivity index is 1.60. The summed E-state index contributed by atoms with van der Waals surface area (Å²) >= 11 is 12.3. The van der Waals surface area contributed by atoms with Crippen molar-refractivity contribution in [2.45, 2.75) is 12.7 Å². The summed E-state index contributed by atoms with van der Waals surface area (Å²) in [5, 5.41) is 10.1. The predicted molar refractivity (Wildman–Crippen MR) is 100 cm³/mol. The van der Waals surface area contributed by atoms with E-state index in [1.165, 1.54) is 0 Å².